The molecule has 0 amide bonds. The van der Waals surface area contributed by atoms with E-state index in [1.807, 2.05) is 12.1 Å². The van der Waals surface area contributed by atoms with E-state index in [1.54, 1.807) is 12.4 Å². The first-order valence-electron chi connectivity index (χ1n) is 9.35. The van der Waals surface area contributed by atoms with Gasteiger partial charge in [0, 0.05) is 24.6 Å². The van der Waals surface area contributed by atoms with Crippen LogP contribution in [0.3, 0.4) is 0 Å². The maximum atomic E-state index is 11.8. The molecule has 1 aliphatic heterocycles. The van der Waals surface area contributed by atoms with Crippen molar-refractivity contribution in [3.05, 3.63) is 24.5 Å². The van der Waals surface area contributed by atoms with Crippen molar-refractivity contribution in [3.63, 3.8) is 0 Å². The number of nitrogens with one attached hydrogen (secondary N) is 1. The smallest absolute Gasteiger partial charge is 0.321 e. The number of aliphatic carboxylic acids is 1. The molecule has 5 heteroatoms. The number of likely N-dealkylation sites (tertiary alicyclic amines) is 1. The molecule has 1 atom stereocenters. The van der Waals surface area contributed by atoms with E-state index in [4.69, 9.17) is 0 Å². The second-order valence-corrected chi connectivity index (χ2v) is 7.28. The van der Waals surface area contributed by atoms with Crippen LogP contribution in [0, 0.1) is 11.8 Å². The lowest BCUT2D eigenvalue weighted by Crippen LogP contribution is -2.50. The molecular formula is C19H29N3O2. The summed E-state index contributed by atoms with van der Waals surface area (Å²) >= 11 is 0. The maximum absolute atomic E-state index is 11.8. The van der Waals surface area contributed by atoms with Crippen LogP contribution < -0.4 is 5.32 Å². The number of anilines is 1. The summed E-state index contributed by atoms with van der Waals surface area (Å²) in [5.74, 6) is 0.355. The topological polar surface area (TPSA) is 65.5 Å². The van der Waals surface area contributed by atoms with E-state index < -0.39 is 5.97 Å². The Kier molecular flexibility index (Phi) is 6.07. The molecule has 5 nitrogen and oxygen atoms in total. The number of carboxylic acids is 1. The van der Waals surface area contributed by atoms with Gasteiger partial charge in [0.25, 0.3) is 0 Å². The van der Waals surface area contributed by atoms with Crippen LogP contribution in [0.4, 0.5) is 5.69 Å². The second kappa shape index (κ2) is 8.47. The van der Waals surface area contributed by atoms with Crippen molar-refractivity contribution in [1.82, 2.24) is 9.88 Å². The SMILES string of the molecule is O=C(O)C(C1CCCCC1)N1CCC(CNc2ccncc2)CC1. The number of aromatic nitrogens is 1. The van der Waals surface area contributed by atoms with Crippen molar-refractivity contribution in [1.29, 1.82) is 0 Å². The van der Waals surface area contributed by atoms with E-state index >= 15 is 0 Å². The normalized spacial score (nSPS) is 22.2. The van der Waals surface area contributed by atoms with Gasteiger partial charge in [0.2, 0.25) is 0 Å². The quantitative estimate of drug-likeness (QED) is 0.838. The molecular weight excluding hydrogens is 302 g/mol. The van der Waals surface area contributed by atoms with Crippen molar-refractivity contribution >= 4 is 11.7 Å². The summed E-state index contributed by atoms with van der Waals surface area (Å²) in [6.45, 7) is 2.78. The molecule has 3 rings (SSSR count). The fourth-order valence-electron chi connectivity index (χ4n) is 4.27. The third-order valence-corrected chi connectivity index (χ3v) is 5.67. The Morgan fingerprint density at radius 2 is 1.83 bits per heavy atom. The Morgan fingerprint density at radius 3 is 2.46 bits per heavy atom. The van der Waals surface area contributed by atoms with Gasteiger partial charge in [-0.1, -0.05) is 19.3 Å². The third kappa shape index (κ3) is 4.47. The fraction of sp³-hybridized carbons (Fsp3) is 0.684. The van der Waals surface area contributed by atoms with Crippen molar-refractivity contribution in [2.75, 3.05) is 25.0 Å². The Balaban J connectivity index is 1.48. The minimum absolute atomic E-state index is 0.264. The minimum Gasteiger partial charge on any atom is -0.480 e. The van der Waals surface area contributed by atoms with E-state index in [0.717, 1.165) is 51.0 Å². The first-order chi connectivity index (χ1) is 11.7. The van der Waals surface area contributed by atoms with E-state index in [1.165, 1.54) is 19.3 Å². The van der Waals surface area contributed by atoms with Crippen molar-refractivity contribution in [2.45, 2.75) is 51.0 Å². The molecule has 1 saturated carbocycles. The predicted octanol–water partition coefficient (Wildman–Crippen LogP) is 3.24. The number of carboxylic acid groups (broad SMARTS) is 1. The van der Waals surface area contributed by atoms with E-state index in [-0.39, 0.29) is 6.04 Å². The summed E-state index contributed by atoms with van der Waals surface area (Å²) in [4.78, 5) is 18.1. The lowest BCUT2D eigenvalue weighted by Gasteiger charge is -2.40. The van der Waals surface area contributed by atoms with Crippen LogP contribution >= 0.6 is 0 Å². The minimum atomic E-state index is -0.615. The summed E-state index contributed by atoms with van der Waals surface area (Å²) < 4.78 is 0. The first kappa shape index (κ1) is 17.2. The number of hydrogen-bond donors (Lipinski definition) is 2. The van der Waals surface area contributed by atoms with Crippen LogP contribution in [0.5, 0.6) is 0 Å². The summed E-state index contributed by atoms with van der Waals surface area (Å²) in [5, 5.41) is 13.2. The van der Waals surface area contributed by atoms with Crippen LogP contribution in [-0.4, -0.2) is 46.6 Å². The van der Waals surface area contributed by atoms with Crippen LogP contribution in [0.1, 0.15) is 44.9 Å². The maximum Gasteiger partial charge on any atom is 0.321 e. The van der Waals surface area contributed by atoms with Crippen LogP contribution in [0.25, 0.3) is 0 Å². The molecule has 1 unspecified atom stereocenters. The molecule has 24 heavy (non-hydrogen) atoms. The van der Waals surface area contributed by atoms with Crippen LogP contribution in [0.2, 0.25) is 0 Å². The average Bonchev–Trinajstić information content (AvgIpc) is 2.63. The van der Waals surface area contributed by atoms with Crippen molar-refractivity contribution < 1.29 is 9.90 Å². The molecule has 1 aromatic rings. The molecule has 2 heterocycles. The van der Waals surface area contributed by atoms with Crippen molar-refractivity contribution in [3.8, 4) is 0 Å². The Labute approximate surface area is 144 Å². The number of pyridine rings is 1. The highest BCUT2D eigenvalue weighted by atomic mass is 16.4. The summed E-state index contributed by atoms with van der Waals surface area (Å²) in [7, 11) is 0. The Hall–Kier alpha value is -1.62. The molecule has 0 aromatic carbocycles. The summed E-state index contributed by atoms with van der Waals surface area (Å²) in [6.07, 6.45) is 11.6. The van der Waals surface area contributed by atoms with E-state index in [0.29, 0.717) is 11.8 Å². The second-order valence-electron chi connectivity index (χ2n) is 7.28. The monoisotopic (exact) mass is 331 g/mol. The zero-order valence-electron chi connectivity index (χ0n) is 14.4. The van der Waals surface area contributed by atoms with Gasteiger partial charge < -0.3 is 10.4 Å². The molecule has 2 aliphatic rings. The molecule has 1 aromatic heterocycles. The summed E-state index contributed by atoms with van der Waals surface area (Å²) in [6, 6.07) is 3.71. The lowest BCUT2D eigenvalue weighted by molar-refractivity contribution is -0.147. The standard InChI is InChI=1S/C19H29N3O2/c23-19(24)18(16-4-2-1-3-5-16)22-12-8-15(9-13-22)14-21-17-6-10-20-11-7-17/h6-7,10-11,15-16,18H,1-5,8-9,12-14H2,(H,20,21)(H,23,24). The molecule has 0 spiro atoms. The van der Waals surface area contributed by atoms with E-state index in [2.05, 4.69) is 15.2 Å². The summed E-state index contributed by atoms with van der Waals surface area (Å²) in [5.41, 5.74) is 1.11. The predicted molar refractivity (Wildman–Crippen MR) is 95.0 cm³/mol. The number of hydrogen-bond acceptors (Lipinski definition) is 4. The molecule has 0 bridgehead atoms. The largest absolute Gasteiger partial charge is 0.480 e. The third-order valence-electron chi connectivity index (χ3n) is 5.67. The van der Waals surface area contributed by atoms with Gasteiger partial charge >= 0.3 is 5.97 Å². The lowest BCUT2D eigenvalue weighted by atomic mass is 9.82. The van der Waals surface area contributed by atoms with Gasteiger partial charge in [-0.15, -0.1) is 0 Å². The van der Waals surface area contributed by atoms with Gasteiger partial charge in [0.15, 0.2) is 0 Å². The molecule has 1 aliphatic carbocycles. The van der Waals surface area contributed by atoms with Gasteiger partial charge in [-0.3, -0.25) is 14.7 Å². The fourth-order valence-corrected chi connectivity index (χ4v) is 4.27. The molecule has 2 fully saturated rings. The molecule has 2 N–H and O–H groups in total. The van der Waals surface area contributed by atoms with Crippen molar-refractivity contribution in [2.24, 2.45) is 11.8 Å². The van der Waals surface area contributed by atoms with E-state index in [9.17, 15) is 9.90 Å². The van der Waals surface area contributed by atoms with Gasteiger partial charge in [0.1, 0.15) is 6.04 Å². The highest BCUT2D eigenvalue weighted by molar-refractivity contribution is 5.74. The molecule has 0 radical (unpaired) electrons. The first-order valence-corrected chi connectivity index (χ1v) is 9.35. The number of piperidine rings is 1. The van der Waals surface area contributed by atoms with Crippen LogP contribution in [-0.2, 0) is 4.79 Å². The zero-order chi connectivity index (χ0) is 16.8. The number of carbonyl (C=O) groups is 1. The number of nitrogens with zero attached hydrogens (tertiary/aromatic N) is 2. The highest BCUT2D eigenvalue weighted by Gasteiger charge is 2.36. The Morgan fingerprint density at radius 1 is 1.17 bits per heavy atom. The van der Waals surface area contributed by atoms with Gasteiger partial charge in [-0.05, 0) is 62.7 Å². The zero-order valence-corrected chi connectivity index (χ0v) is 14.4. The highest BCUT2D eigenvalue weighted by Crippen LogP contribution is 2.31. The van der Waals surface area contributed by atoms with Gasteiger partial charge in [0.05, 0.1) is 0 Å². The molecule has 1 saturated heterocycles. The van der Waals surface area contributed by atoms with Gasteiger partial charge in [-0.2, -0.15) is 0 Å². The average molecular weight is 331 g/mol. The molecule has 132 valence electrons. The number of rotatable bonds is 6. The van der Waals surface area contributed by atoms with Crippen LogP contribution in [0.15, 0.2) is 24.5 Å². The van der Waals surface area contributed by atoms with Gasteiger partial charge in [-0.25, -0.2) is 0 Å². The Bertz CT molecular complexity index is 509.